The molecule has 10 rings (SSSR count). The Hall–Kier alpha value is -6.44. The van der Waals surface area contributed by atoms with Crippen molar-refractivity contribution < 1.29 is 0 Å². The monoisotopic (exact) mass is 691 g/mol. The van der Waals surface area contributed by atoms with Gasteiger partial charge in [-0.25, -0.2) is 0 Å². The highest BCUT2D eigenvalue weighted by Crippen LogP contribution is 2.57. The molecule has 0 fully saturated rings. The highest BCUT2D eigenvalue weighted by molar-refractivity contribution is 5.92. The second-order valence-electron chi connectivity index (χ2n) is 15.4. The van der Waals surface area contributed by atoms with Gasteiger partial charge in [-0.15, -0.1) is 0 Å². The molecule has 2 aliphatic rings. The quantitative estimate of drug-likeness (QED) is 0.168. The van der Waals surface area contributed by atoms with Gasteiger partial charge >= 0.3 is 0 Å². The highest BCUT2D eigenvalue weighted by Gasteiger charge is 2.46. The number of hydrogen-bond donors (Lipinski definition) is 0. The van der Waals surface area contributed by atoms with Crippen LogP contribution in [0.5, 0.6) is 0 Å². The average molecular weight is 692 g/mol. The maximum Gasteiger partial charge on any atom is 0.0714 e. The molecular formula is C53H41N. The van der Waals surface area contributed by atoms with Crippen LogP contribution in [0.4, 0.5) is 17.1 Å². The molecule has 0 saturated heterocycles. The lowest BCUT2D eigenvalue weighted by Gasteiger charge is -2.35. The van der Waals surface area contributed by atoms with Crippen LogP contribution in [0.2, 0.25) is 0 Å². The average Bonchev–Trinajstić information content (AvgIpc) is 3.65. The highest BCUT2D eigenvalue weighted by atomic mass is 15.1. The SMILES string of the molecule is Cc1ccc(C2(c3cccc(N(c4ccc5c(c4)C(C)(C)c4ccccc4-5)c4ccccc4-c4ccccc4)c3)c3ccccc3-c3ccccc32)cc1. The predicted molar refractivity (Wildman–Crippen MR) is 226 cm³/mol. The van der Waals surface area contributed by atoms with Gasteiger partial charge in [0.25, 0.3) is 0 Å². The molecule has 0 amide bonds. The Morgan fingerprint density at radius 3 is 1.59 bits per heavy atom. The number of hydrogen-bond acceptors (Lipinski definition) is 1. The first-order valence-electron chi connectivity index (χ1n) is 19.0. The summed E-state index contributed by atoms with van der Waals surface area (Å²) >= 11 is 0. The Morgan fingerprint density at radius 2 is 0.907 bits per heavy atom. The minimum atomic E-state index is -0.497. The molecule has 0 saturated carbocycles. The standard InChI is InChI=1S/C53H41N/c1-36-28-30-38(31-29-36)53(48-25-12-8-22-44(48)45-23-9-13-26-49(45)53)39-18-15-19-40(34-39)54(51-27-14-10-20-42(51)37-16-5-4-6-17-37)41-32-33-46-43-21-7-11-24-47(43)52(2,3)50(46)35-41/h4-35H,1-3H3. The van der Waals surface area contributed by atoms with E-state index in [2.05, 4.69) is 220 Å². The molecule has 0 N–H and O–H groups in total. The van der Waals surface area contributed by atoms with Crippen LogP contribution in [-0.4, -0.2) is 0 Å². The maximum absolute atomic E-state index is 2.49. The Balaban J connectivity index is 1.24. The molecule has 0 heterocycles. The van der Waals surface area contributed by atoms with Crippen LogP contribution in [0.1, 0.15) is 52.8 Å². The largest absolute Gasteiger partial charge is 0.310 e. The summed E-state index contributed by atoms with van der Waals surface area (Å²) in [7, 11) is 0. The van der Waals surface area contributed by atoms with Gasteiger partial charge in [0.2, 0.25) is 0 Å². The van der Waals surface area contributed by atoms with Crippen molar-refractivity contribution in [2.75, 3.05) is 4.90 Å². The van der Waals surface area contributed by atoms with Crippen molar-refractivity contribution >= 4 is 17.1 Å². The first-order valence-corrected chi connectivity index (χ1v) is 19.0. The zero-order chi connectivity index (χ0) is 36.4. The molecule has 8 aromatic rings. The second-order valence-corrected chi connectivity index (χ2v) is 15.4. The Labute approximate surface area is 318 Å². The molecule has 2 aliphatic carbocycles. The number of para-hydroxylation sites is 1. The Morgan fingerprint density at radius 1 is 0.370 bits per heavy atom. The van der Waals surface area contributed by atoms with E-state index in [9.17, 15) is 0 Å². The zero-order valence-corrected chi connectivity index (χ0v) is 30.9. The summed E-state index contributed by atoms with van der Waals surface area (Å²) in [6, 6.07) is 72.2. The lowest BCUT2D eigenvalue weighted by Crippen LogP contribution is -2.29. The van der Waals surface area contributed by atoms with E-state index in [1.54, 1.807) is 0 Å². The number of benzene rings is 8. The van der Waals surface area contributed by atoms with E-state index in [1.165, 1.54) is 72.3 Å². The fourth-order valence-corrected chi connectivity index (χ4v) is 9.49. The van der Waals surface area contributed by atoms with Crippen LogP contribution in [0.3, 0.4) is 0 Å². The normalized spacial score (nSPS) is 14.1. The molecule has 0 spiro atoms. The molecule has 258 valence electrons. The van der Waals surface area contributed by atoms with Crippen molar-refractivity contribution in [1.82, 2.24) is 0 Å². The van der Waals surface area contributed by atoms with E-state index in [0.29, 0.717) is 0 Å². The van der Waals surface area contributed by atoms with E-state index >= 15 is 0 Å². The number of anilines is 3. The van der Waals surface area contributed by atoms with Crippen LogP contribution in [0.25, 0.3) is 33.4 Å². The minimum Gasteiger partial charge on any atom is -0.310 e. The van der Waals surface area contributed by atoms with Crippen molar-refractivity contribution in [3.8, 4) is 33.4 Å². The van der Waals surface area contributed by atoms with Crippen molar-refractivity contribution in [2.24, 2.45) is 0 Å². The number of nitrogens with zero attached hydrogens (tertiary/aromatic N) is 1. The van der Waals surface area contributed by atoms with Crippen molar-refractivity contribution in [3.63, 3.8) is 0 Å². The van der Waals surface area contributed by atoms with Gasteiger partial charge in [0.15, 0.2) is 0 Å². The Kier molecular flexibility index (Phi) is 7.35. The summed E-state index contributed by atoms with van der Waals surface area (Å²) < 4.78 is 0. The van der Waals surface area contributed by atoms with Crippen LogP contribution >= 0.6 is 0 Å². The van der Waals surface area contributed by atoms with Gasteiger partial charge in [0.05, 0.1) is 11.1 Å². The predicted octanol–water partition coefficient (Wildman–Crippen LogP) is 13.8. The van der Waals surface area contributed by atoms with Gasteiger partial charge in [-0.2, -0.15) is 0 Å². The van der Waals surface area contributed by atoms with Crippen LogP contribution in [-0.2, 0) is 10.8 Å². The lowest BCUT2D eigenvalue weighted by molar-refractivity contribution is 0.660. The first-order chi connectivity index (χ1) is 26.5. The molecule has 0 atom stereocenters. The maximum atomic E-state index is 2.49. The fraction of sp³-hybridized carbons (Fsp3) is 0.0943. The van der Waals surface area contributed by atoms with Crippen molar-refractivity contribution in [3.05, 3.63) is 233 Å². The van der Waals surface area contributed by atoms with Crippen molar-refractivity contribution in [1.29, 1.82) is 0 Å². The molecule has 0 unspecified atom stereocenters. The summed E-state index contributed by atoms with van der Waals surface area (Å²) in [6.07, 6.45) is 0. The first kappa shape index (κ1) is 32.2. The third-order valence-corrected chi connectivity index (χ3v) is 12.0. The van der Waals surface area contributed by atoms with Crippen molar-refractivity contribution in [2.45, 2.75) is 31.6 Å². The van der Waals surface area contributed by atoms with Crippen LogP contribution in [0, 0.1) is 6.92 Å². The van der Waals surface area contributed by atoms with E-state index in [-0.39, 0.29) is 5.41 Å². The summed E-state index contributed by atoms with van der Waals surface area (Å²) in [5, 5.41) is 0. The number of rotatable bonds is 6. The van der Waals surface area contributed by atoms with Gasteiger partial charge < -0.3 is 4.90 Å². The van der Waals surface area contributed by atoms with E-state index in [4.69, 9.17) is 0 Å². The topological polar surface area (TPSA) is 3.24 Å². The van der Waals surface area contributed by atoms with E-state index in [1.807, 2.05) is 0 Å². The smallest absolute Gasteiger partial charge is 0.0714 e. The second kappa shape index (κ2) is 12.3. The van der Waals surface area contributed by atoms with Gasteiger partial charge in [0, 0.05) is 22.4 Å². The number of fused-ring (bicyclic) bond motifs is 6. The van der Waals surface area contributed by atoms with Gasteiger partial charge in [-0.3, -0.25) is 0 Å². The van der Waals surface area contributed by atoms with E-state index < -0.39 is 5.41 Å². The van der Waals surface area contributed by atoms with Gasteiger partial charge in [-0.1, -0.05) is 183 Å². The molecule has 0 radical (unpaired) electrons. The zero-order valence-electron chi connectivity index (χ0n) is 30.9. The molecule has 54 heavy (non-hydrogen) atoms. The summed E-state index contributed by atoms with van der Waals surface area (Å²) in [4.78, 5) is 2.49. The Bertz CT molecular complexity index is 2650. The molecule has 8 aromatic carbocycles. The van der Waals surface area contributed by atoms with Gasteiger partial charge in [0.1, 0.15) is 0 Å². The summed E-state index contributed by atoms with van der Waals surface area (Å²) in [5.41, 5.74) is 19.6. The van der Waals surface area contributed by atoms with Gasteiger partial charge in [-0.05, 0) is 98.5 Å². The van der Waals surface area contributed by atoms with E-state index in [0.717, 1.165) is 17.1 Å². The molecule has 0 bridgehead atoms. The third kappa shape index (κ3) is 4.71. The summed E-state index contributed by atoms with van der Waals surface area (Å²) in [5.74, 6) is 0. The molecule has 0 aromatic heterocycles. The molecule has 0 aliphatic heterocycles. The fourth-order valence-electron chi connectivity index (χ4n) is 9.49. The molecule has 1 heteroatoms. The number of aryl methyl sites for hydroxylation is 1. The third-order valence-electron chi connectivity index (χ3n) is 12.0. The van der Waals surface area contributed by atoms with Crippen LogP contribution in [0.15, 0.2) is 194 Å². The molecular weight excluding hydrogens is 651 g/mol. The summed E-state index contributed by atoms with van der Waals surface area (Å²) in [6.45, 7) is 6.90. The minimum absolute atomic E-state index is 0.124. The lowest BCUT2D eigenvalue weighted by atomic mass is 9.67. The van der Waals surface area contributed by atoms with Crippen LogP contribution < -0.4 is 4.90 Å². The molecule has 1 nitrogen and oxygen atoms in total.